The predicted octanol–water partition coefficient (Wildman–Crippen LogP) is 2.52. The lowest BCUT2D eigenvalue weighted by Gasteiger charge is -2.11. The van der Waals surface area contributed by atoms with E-state index in [1.807, 2.05) is 33.2 Å². The van der Waals surface area contributed by atoms with E-state index in [9.17, 15) is 4.79 Å². The second-order valence-electron chi connectivity index (χ2n) is 5.92. The molecule has 1 aromatic carbocycles. The zero-order valence-electron chi connectivity index (χ0n) is 14.1. The van der Waals surface area contributed by atoms with Crippen molar-refractivity contribution in [3.05, 3.63) is 64.2 Å². The van der Waals surface area contributed by atoms with Crippen LogP contribution in [0, 0.1) is 6.92 Å². The van der Waals surface area contributed by atoms with Crippen LogP contribution in [-0.4, -0.2) is 35.2 Å². The molecule has 0 saturated carbocycles. The quantitative estimate of drug-likeness (QED) is 0.757. The molecular weight excluding hydrogens is 302 g/mol. The Morgan fingerprint density at radius 3 is 2.75 bits per heavy atom. The Labute approximate surface area is 140 Å². The minimum atomic E-state index is -0.228. The van der Waals surface area contributed by atoms with Gasteiger partial charge in [0, 0.05) is 32.5 Å². The maximum absolute atomic E-state index is 11.7. The van der Waals surface area contributed by atoms with Crippen LogP contribution in [0.25, 0.3) is 11.7 Å². The molecule has 0 fully saturated rings. The third kappa shape index (κ3) is 3.32. The third-order valence-corrected chi connectivity index (χ3v) is 3.78. The van der Waals surface area contributed by atoms with Gasteiger partial charge in [-0.2, -0.15) is 5.10 Å². The van der Waals surface area contributed by atoms with Crippen molar-refractivity contribution in [2.75, 3.05) is 30.9 Å². The van der Waals surface area contributed by atoms with Crippen LogP contribution >= 0.6 is 0 Å². The first-order valence-electron chi connectivity index (χ1n) is 7.80. The highest BCUT2D eigenvalue weighted by atomic mass is 16.1. The average Bonchev–Trinajstić information content (AvgIpc) is 2.93. The van der Waals surface area contributed by atoms with Crippen LogP contribution in [0.15, 0.2) is 47.4 Å². The van der Waals surface area contributed by atoms with E-state index in [1.165, 1.54) is 10.1 Å². The predicted molar refractivity (Wildman–Crippen MR) is 98.8 cm³/mol. The number of H-pyrrole nitrogens is 1. The topological polar surface area (TPSA) is 65.4 Å². The van der Waals surface area contributed by atoms with Crippen molar-refractivity contribution >= 4 is 23.1 Å². The number of nitrogens with one attached hydrogen (secondary N) is 2. The van der Waals surface area contributed by atoms with Gasteiger partial charge in [-0.1, -0.05) is 24.3 Å². The van der Waals surface area contributed by atoms with E-state index in [2.05, 4.69) is 50.8 Å². The second kappa shape index (κ2) is 6.62. The Morgan fingerprint density at radius 1 is 1.29 bits per heavy atom. The monoisotopic (exact) mass is 323 g/mol. The molecule has 0 unspecified atom stereocenters. The molecule has 0 atom stereocenters. The van der Waals surface area contributed by atoms with E-state index in [1.54, 1.807) is 6.20 Å². The molecule has 2 heterocycles. The van der Waals surface area contributed by atoms with Crippen LogP contribution in [0.4, 0.5) is 11.4 Å². The van der Waals surface area contributed by atoms with Crippen molar-refractivity contribution in [1.29, 1.82) is 0 Å². The van der Waals surface area contributed by atoms with Crippen LogP contribution in [-0.2, 0) is 0 Å². The van der Waals surface area contributed by atoms with Gasteiger partial charge >= 0.3 is 5.69 Å². The van der Waals surface area contributed by atoms with Gasteiger partial charge < -0.3 is 10.2 Å². The fourth-order valence-electron chi connectivity index (χ4n) is 2.53. The lowest BCUT2D eigenvalue weighted by Crippen LogP contribution is -2.10. The third-order valence-electron chi connectivity index (χ3n) is 3.78. The molecule has 2 N–H and O–H groups in total. The number of nitrogens with zero attached hydrogens (tertiary/aromatic N) is 3. The van der Waals surface area contributed by atoms with Crippen molar-refractivity contribution in [3.63, 3.8) is 0 Å². The zero-order chi connectivity index (χ0) is 17.1. The van der Waals surface area contributed by atoms with Gasteiger partial charge in [0.05, 0.1) is 5.69 Å². The molecule has 2 aromatic heterocycles. The molecule has 0 radical (unpaired) electrons. The number of fused-ring (bicyclic) bond motifs is 1. The molecule has 6 nitrogen and oxygen atoms in total. The van der Waals surface area contributed by atoms with Crippen molar-refractivity contribution in [3.8, 4) is 0 Å². The summed E-state index contributed by atoms with van der Waals surface area (Å²) < 4.78 is 1.52. The van der Waals surface area contributed by atoms with Crippen LogP contribution in [0.1, 0.15) is 11.1 Å². The van der Waals surface area contributed by atoms with E-state index >= 15 is 0 Å². The van der Waals surface area contributed by atoms with Gasteiger partial charge in [-0.05, 0) is 36.2 Å². The Kier molecular flexibility index (Phi) is 4.37. The molecular formula is C18H21N5O. The Balaban J connectivity index is 1.69. The summed E-state index contributed by atoms with van der Waals surface area (Å²) in [7, 11) is 4.05. The van der Waals surface area contributed by atoms with Crippen LogP contribution in [0.3, 0.4) is 0 Å². The minimum Gasteiger partial charge on any atom is -0.378 e. The van der Waals surface area contributed by atoms with Crippen molar-refractivity contribution in [2.24, 2.45) is 0 Å². The van der Waals surface area contributed by atoms with E-state index in [4.69, 9.17) is 0 Å². The summed E-state index contributed by atoms with van der Waals surface area (Å²) in [5.41, 5.74) is 4.53. The first-order valence-corrected chi connectivity index (χ1v) is 7.80. The molecule has 0 aliphatic carbocycles. The molecule has 0 amide bonds. The highest BCUT2D eigenvalue weighted by Crippen LogP contribution is 2.16. The lowest BCUT2D eigenvalue weighted by molar-refractivity contribution is 1.02. The fraction of sp³-hybridized carbons (Fsp3) is 0.222. The molecule has 3 aromatic rings. The summed E-state index contributed by atoms with van der Waals surface area (Å²) in [6.07, 6.45) is 5.89. The maximum Gasteiger partial charge on any atom is 0.347 e. The van der Waals surface area contributed by atoms with E-state index in [0.717, 1.165) is 16.8 Å². The number of pyridine rings is 1. The average molecular weight is 323 g/mol. The molecule has 6 heteroatoms. The molecule has 0 aliphatic rings. The standard InChI is InChI=1S/C18H21N5O/c1-13-11-16(17-20-21-18(24)23(17)12-13)19-10-4-5-14-6-8-15(9-7-14)22(2)3/h4-9,11-12,19H,10H2,1-3H3,(H,21,24)/b5-4+. The lowest BCUT2D eigenvalue weighted by atomic mass is 10.2. The summed E-state index contributed by atoms with van der Waals surface area (Å²) in [6, 6.07) is 10.3. The van der Waals surface area contributed by atoms with E-state index in [0.29, 0.717) is 12.2 Å². The molecule has 124 valence electrons. The number of rotatable bonds is 5. The number of anilines is 2. The largest absolute Gasteiger partial charge is 0.378 e. The van der Waals surface area contributed by atoms with Gasteiger partial charge in [0.15, 0.2) is 5.65 Å². The normalized spacial score (nSPS) is 11.3. The summed E-state index contributed by atoms with van der Waals surface area (Å²) in [5.74, 6) is 0. The number of aromatic amines is 1. The van der Waals surface area contributed by atoms with Gasteiger partial charge in [0.1, 0.15) is 0 Å². The van der Waals surface area contributed by atoms with Gasteiger partial charge in [-0.3, -0.25) is 0 Å². The number of hydrogen-bond acceptors (Lipinski definition) is 4. The summed E-state index contributed by atoms with van der Waals surface area (Å²) in [4.78, 5) is 13.7. The van der Waals surface area contributed by atoms with Gasteiger partial charge in [0.2, 0.25) is 0 Å². The van der Waals surface area contributed by atoms with E-state index in [-0.39, 0.29) is 5.69 Å². The fourth-order valence-corrected chi connectivity index (χ4v) is 2.53. The molecule has 0 bridgehead atoms. The molecule has 3 rings (SSSR count). The SMILES string of the molecule is Cc1cc(NC/C=C/c2ccc(N(C)C)cc2)c2n[nH]c(=O)n2c1. The van der Waals surface area contributed by atoms with Crippen LogP contribution < -0.4 is 15.9 Å². The smallest absolute Gasteiger partial charge is 0.347 e. The highest BCUT2D eigenvalue weighted by Gasteiger charge is 2.06. The van der Waals surface area contributed by atoms with Crippen molar-refractivity contribution in [2.45, 2.75) is 6.92 Å². The molecule has 0 aliphatic heterocycles. The first-order chi connectivity index (χ1) is 11.5. The number of hydrogen-bond donors (Lipinski definition) is 2. The van der Waals surface area contributed by atoms with Gasteiger partial charge in [-0.15, -0.1) is 0 Å². The maximum atomic E-state index is 11.7. The molecule has 24 heavy (non-hydrogen) atoms. The van der Waals surface area contributed by atoms with Crippen molar-refractivity contribution in [1.82, 2.24) is 14.6 Å². The number of benzene rings is 1. The second-order valence-corrected chi connectivity index (χ2v) is 5.92. The summed E-state index contributed by atoms with van der Waals surface area (Å²) >= 11 is 0. The number of aryl methyl sites for hydroxylation is 1. The number of aromatic nitrogens is 3. The van der Waals surface area contributed by atoms with Crippen LogP contribution in [0.2, 0.25) is 0 Å². The van der Waals surface area contributed by atoms with Crippen molar-refractivity contribution < 1.29 is 0 Å². The van der Waals surface area contributed by atoms with E-state index < -0.39 is 0 Å². The molecule has 0 saturated heterocycles. The minimum absolute atomic E-state index is 0.228. The Bertz CT molecular complexity index is 919. The summed E-state index contributed by atoms with van der Waals surface area (Å²) in [5, 5.41) is 9.83. The van der Waals surface area contributed by atoms with Gasteiger partial charge in [0.25, 0.3) is 0 Å². The summed E-state index contributed by atoms with van der Waals surface area (Å²) in [6.45, 7) is 2.60. The zero-order valence-corrected chi connectivity index (χ0v) is 14.1. The van der Waals surface area contributed by atoms with Gasteiger partial charge in [-0.25, -0.2) is 14.3 Å². The molecule has 0 spiro atoms. The van der Waals surface area contributed by atoms with Crippen LogP contribution in [0.5, 0.6) is 0 Å². The Morgan fingerprint density at radius 2 is 2.04 bits per heavy atom. The Hall–Kier alpha value is -3.02. The first kappa shape index (κ1) is 15.9. The highest BCUT2D eigenvalue weighted by molar-refractivity contribution is 5.68.